The highest BCUT2D eigenvalue weighted by Gasteiger charge is 2.15. The fourth-order valence-corrected chi connectivity index (χ4v) is 2.39. The Morgan fingerprint density at radius 1 is 1.30 bits per heavy atom. The molecule has 1 N–H and O–H groups in total. The lowest BCUT2D eigenvalue weighted by molar-refractivity contribution is -0.136. The first-order valence-electron chi connectivity index (χ1n) is 7.09. The van der Waals surface area contributed by atoms with Gasteiger partial charge in [0.1, 0.15) is 12.2 Å². The van der Waals surface area contributed by atoms with Crippen molar-refractivity contribution in [2.24, 2.45) is 5.92 Å². The van der Waals surface area contributed by atoms with Crippen LogP contribution >= 0.6 is 0 Å². The summed E-state index contributed by atoms with van der Waals surface area (Å²) in [5, 5.41) is 9.04. The maximum atomic E-state index is 11.0. The summed E-state index contributed by atoms with van der Waals surface area (Å²) in [5.41, 5.74) is 3.15. The van der Waals surface area contributed by atoms with Gasteiger partial charge in [0.25, 0.3) is 0 Å². The van der Waals surface area contributed by atoms with Gasteiger partial charge in [-0.05, 0) is 29.5 Å². The third-order valence-electron chi connectivity index (χ3n) is 3.38. The highest BCUT2D eigenvalue weighted by Crippen LogP contribution is 2.23. The zero-order valence-electron chi connectivity index (χ0n) is 12.6. The third-order valence-corrected chi connectivity index (χ3v) is 3.38. The topological polar surface area (TPSA) is 55.1 Å². The van der Waals surface area contributed by atoms with E-state index in [4.69, 9.17) is 5.11 Å². The van der Waals surface area contributed by atoms with Crippen molar-refractivity contribution in [1.29, 1.82) is 0 Å². The fourth-order valence-electron chi connectivity index (χ4n) is 2.39. The number of carboxylic acid groups (broad SMARTS) is 1. The number of benzene rings is 1. The number of aliphatic carboxylic acids is 1. The molecule has 0 atom stereocenters. The Bertz CT molecular complexity index is 627. The molecule has 0 saturated carbocycles. The van der Waals surface area contributed by atoms with Crippen molar-refractivity contribution in [3.63, 3.8) is 0 Å². The second-order valence-corrected chi connectivity index (χ2v) is 6.01. The van der Waals surface area contributed by atoms with Crippen molar-refractivity contribution in [2.75, 3.05) is 0 Å². The van der Waals surface area contributed by atoms with Crippen LogP contribution in [0, 0.1) is 5.92 Å². The quantitative estimate of drug-likeness (QED) is 0.908. The second-order valence-electron chi connectivity index (χ2n) is 6.01. The molecule has 1 aromatic heterocycles. The summed E-state index contributed by atoms with van der Waals surface area (Å²) >= 11 is 0. The Kier molecular flexibility index (Phi) is 4.12. The van der Waals surface area contributed by atoms with E-state index in [1.54, 1.807) is 0 Å². The number of aromatic nitrogens is 2. The van der Waals surface area contributed by atoms with Gasteiger partial charge in [0, 0.05) is 6.54 Å². The number of carbonyl (C=O) groups is 1. The first-order chi connectivity index (χ1) is 9.38. The summed E-state index contributed by atoms with van der Waals surface area (Å²) in [5.74, 6) is 0.693. The van der Waals surface area contributed by atoms with Crippen molar-refractivity contribution in [2.45, 2.75) is 46.6 Å². The molecule has 1 aromatic carbocycles. The number of nitrogens with zero attached hydrogens (tertiary/aromatic N) is 2. The van der Waals surface area contributed by atoms with Gasteiger partial charge in [-0.1, -0.05) is 33.8 Å². The minimum atomic E-state index is -0.839. The molecule has 0 aliphatic heterocycles. The fraction of sp³-hybridized carbons (Fsp3) is 0.500. The minimum absolute atomic E-state index is 0.0294. The smallest absolute Gasteiger partial charge is 0.311 e. The monoisotopic (exact) mass is 274 g/mol. The van der Waals surface area contributed by atoms with Gasteiger partial charge in [0.2, 0.25) is 0 Å². The van der Waals surface area contributed by atoms with Crippen molar-refractivity contribution in [1.82, 2.24) is 9.55 Å². The number of carboxylic acids is 1. The normalized spacial score (nSPS) is 11.7. The van der Waals surface area contributed by atoms with Crippen molar-refractivity contribution in [3.8, 4) is 0 Å². The van der Waals surface area contributed by atoms with Crippen molar-refractivity contribution >= 4 is 17.0 Å². The van der Waals surface area contributed by atoms with E-state index in [0.29, 0.717) is 17.7 Å². The van der Waals surface area contributed by atoms with E-state index in [2.05, 4.69) is 50.9 Å². The highest BCUT2D eigenvalue weighted by molar-refractivity contribution is 5.79. The Labute approximate surface area is 119 Å². The van der Waals surface area contributed by atoms with Crippen LogP contribution in [0.5, 0.6) is 0 Å². The van der Waals surface area contributed by atoms with Gasteiger partial charge < -0.3 is 9.67 Å². The highest BCUT2D eigenvalue weighted by atomic mass is 16.4. The number of hydrogen-bond acceptors (Lipinski definition) is 2. The molecule has 0 amide bonds. The maximum absolute atomic E-state index is 11.0. The van der Waals surface area contributed by atoms with Crippen LogP contribution in [0.1, 0.15) is 45.0 Å². The molecule has 2 rings (SSSR count). The largest absolute Gasteiger partial charge is 0.481 e. The molecule has 0 bridgehead atoms. The molecular weight excluding hydrogens is 252 g/mol. The Morgan fingerprint density at radius 3 is 2.55 bits per heavy atom. The molecule has 0 spiro atoms. The van der Waals surface area contributed by atoms with Gasteiger partial charge >= 0.3 is 5.97 Å². The van der Waals surface area contributed by atoms with Crippen LogP contribution in [-0.4, -0.2) is 20.6 Å². The molecule has 0 saturated heterocycles. The second kappa shape index (κ2) is 5.65. The van der Waals surface area contributed by atoms with E-state index in [0.717, 1.165) is 17.6 Å². The minimum Gasteiger partial charge on any atom is -0.481 e. The Balaban J connectivity index is 2.55. The lowest BCUT2D eigenvalue weighted by atomic mass is 10.0. The first-order valence-corrected chi connectivity index (χ1v) is 7.09. The average Bonchev–Trinajstić information content (AvgIpc) is 2.65. The number of fused-ring (bicyclic) bond motifs is 1. The third kappa shape index (κ3) is 3.00. The van der Waals surface area contributed by atoms with Crippen LogP contribution in [0.15, 0.2) is 18.2 Å². The van der Waals surface area contributed by atoms with Crippen LogP contribution < -0.4 is 0 Å². The summed E-state index contributed by atoms with van der Waals surface area (Å²) in [6.07, 6.45) is -0.0294. The summed E-state index contributed by atoms with van der Waals surface area (Å²) in [6, 6.07) is 6.24. The van der Waals surface area contributed by atoms with Gasteiger partial charge in [0.15, 0.2) is 0 Å². The molecule has 1 heterocycles. The molecule has 0 radical (unpaired) electrons. The van der Waals surface area contributed by atoms with Gasteiger partial charge in [-0.2, -0.15) is 0 Å². The standard InChI is InChI=1S/C16H22N2O2/c1-10(2)9-18-14-6-5-12(11(3)4)7-13(14)17-15(18)8-16(19)20/h5-7,10-11H,8-9H2,1-4H3,(H,19,20). The number of imidazole rings is 1. The summed E-state index contributed by atoms with van der Waals surface area (Å²) < 4.78 is 2.04. The predicted octanol–water partition coefficient (Wildman–Crippen LogP) is 3.44. The van der Waals surface area contributed by atoms with E-state index >= 15 is 0 Å². The van der Waals surface area contributed by atoms with Crippen LogP contribution in [0.4, 0.5) is 0 Å². The molecule has 0 aliphatic carbocycles. The van der Waals surface area contributed by atoms with Gasteiger partial charge in [-0.15, -0.1) is 0 Å². The predicted molar refractivity (Wildman–Crippen MR) is 80.0 cm³/mol. The van der Waals surface area contributed by atoms with Crippen LogP contribution in [0.3, 0.4) is 0 Å². The Hall–Kier alpha value is -1.84. The molecule has 2 aromatic rings. The van der Waals surface area contributed by atoms with E-state index < -0.39 is 5.97 Å². The van der Waals surface area contributed by atoms with Crippen molar-refractivity contribution < 1.29 is 9.90 Å². The van der Waals surface area contributed by atoms with E-state index in [1.165, 1.54) is 5.56 Å². The Morgan fingerprint density at radius 2 is 2.00 bits per heavy atom. The first kappa shape index (κ1) is 14.6. The molecule has 4 nitrogen and oxygen atoms in total. The maximum Gasteiger partial charge on any atom is 0.311 e. The van der Waals surface area contributed by atoms with Crippen LogP contribution in [0.2, 0.25) is 0 Å². The van der Waals surface area contributed by atoms with E-state index in [-0.39, 0.29) is 6.42 Å². The van der Waals surface area contributed by atoms with Gasteiger partial charge in [0.05, 0.1) is 11.0 Å². The molecule has 20 heavy (non-hydrogen) atoms. The molecular formula is C16H22N2O2. The number of rotatable bonds is 5. The molecule has 0 fully saturated rings. The zero-order chi connectivity index (χ0) is 14.9. The lowest BCUT2D eigenvalue weighted by Crippen LogP contribution is -2.12. The average molecular weight is 274 g/mol. The van der Waals surface area contributed by atoms with Crippen LogP contribution in [-0.2, 0) is 17.8 Å². The van der Waals surface area contributed by atoms with Crippen molar-refractivity contribution in [3.05, 3.63) is 29.6 Å². The SMILES string of the molecule is CC(C)Cn1c(CC(=O)O)nc2cc(C(C)C)ccc21. The van der Waals surface area contributed by atoms with Gasteiger partial charge in [-0.25, -0.2) is 4.98 Å². The van der Waals surface area contributed by atoms with E-state index in [1.807, 2.05) is 4.57 Å². The summed E-state index contributed by atoms with van der Waals surface area (Å²) in [6.45, 7) is 9.33. The summed E-state index contributed by atoms with van der Waals surface area (Å²) in [4.78, 5) is 15.5. The molecule has 4 heteroatoms. The van der Waals surface area contributed by atoms with E-state index in [9.17, 15) is 4.79 Å². The number of hydrogen-bond donors (Lipinski definition) is 1. The zero-order valence-corrected chi connectivity index (χ0v) is 12.6. The van der Waals surface area contributed by atoms with Gasteiger partial charge in [-0.3, -0.25) is 4.79 Å². The lowest BCUT2D eigenvalue weighted by Gasteiger charge is -2.11. The molecule has 0 unspecified atom stereocenters. The van der Waals surface area contributed by atoms with Crippen LogP contribution in [0.25, 0.3) is 11.0 Å². The molecule has 108 valence electrons. The summed E-state index contributed by atoms with van der Waals surface area (Å²) in [7, 11) is 0. The molecule has 0 aliphatic rings.